The summed E-state index contributed by atoms with van der Waals surface area (Å²) in [5, 5.41) is 0. The van der Waals surface area contributed by atoms with Crippen LogP contribution in [0.4, 0.5) is 0 Å². The van der Waals surface area contributed by atoms with E-state index in [1.165, 1.54) is 24.8 Å². The van der Waals surface area contributed by atoms with Crippen LogP contribution in [0.15, 0.2) is 24.3 Å². The standard InChI is InChI=1S/C11H14S/c12-8-10-4-1-2-7-11(10)9-5-3-6-9/h1-2,4,7,9,12H,3,5-6,8H2. The van der Waals surface area contributed by atoms with Crippen LogP contribution in [-0.2, 0) is 5.75 Å². The van der Waals surface area contributed by atoms with Crippen LogP contribution in [0.3, 0.4) is 0 Å². The predicted molar refractivity (Wildman–Crippen MR) is 55.7 cm³/mol. The Kier molecular flexibility index (Phi) is 2.40. The Bertz CT molecular complexity index is 263. The Morgan fingerprint density at radius 1 is 1.25 bits per heavy atom. The number of hydrogen-bond donors (Lipinski definition) is 1. The zero-order valence-corrected chi connectivity index (χ0v) is 8.06. The highest BCUT2D eigenvalue weighted by atomic mass is 32.1. The minimum Gasteiger partial charge on any atom is -0.175 e. The third kappa shape index (κ3) is 1.38. The molecule has 1 aliphatic carbocycles. The monoisotopic (exact) mass is 178 g/mol. The summed E-state index contributed by atoms with van der Waals surface area (Å²) >= 11 is 4.34. The van der Waals surface area contributed by atoms with E-state index in [0.29, 0.717) is 0 Å². The van der Waals surface area contributed by atoms with E-state index < -0.39 is 0 Å². The molecule has 0 amide bonds. The molecule has 64 valence electrons. The predicted octanol–water partition coefficient (Wildman–Crippen LogP) is 3.38. The third-order valence-corrected chi connectivity index (χ3v) is 3.11. The Balaban J connectivity index is 2.27. The highest BCUT2D eigenvalue weighted by Crippen LogP contribution is 2.38. The molecule has 1 saturated carbocycles. The second kappa shape index (κ2) is 3.53. The normalized spacial score (nSPS) is 17.4. The Hall–Kier alpha value is -0.430. The van der Waals surface area contributed by atoms with Crippen molar-refractivity contribution in [2.24, 2.45) is 0 Å². The van der Waals surface area contributed by atoms with Crippen LogP contribution in [0.25, 0.3) is 0 Å². The second-order valence-corrected chi connectivity index (χ2v) is 3.80. The van der Waals surface area contributed by atoms with Gasteiger partial charge in [-0.05, 0) is 29.9 Å². The fraction of sp³-hybridized carbons (Fsp3) is 0.455. The highest BCUT2D eigenvalue weighted by Gasteiger charge is 2.20. The van der Waals surface area contributed by atoms with Gasteiger partial charge in [-0.1, -0.05) is 30.7 Å². The van der Waals surface area contributed by atoms with Gasteiger partial charge < -0.3 is 0 Å². The molecule has 0 aliphatic heterocycles. The average molecular weight is 178 g/mol. The van der Waals surface area contributed by atoms with Crippen molar-refractivity contribution in [2.45, 2.75) is 30.9 Å². The molecular formula is C11H14S. The maximum atomic E-state index is 4.34. The molecule has 0 heterocycles. The van der Waals surface area contributed by atoms with E-state index in [-0.39, 0.29) is 0 Å². The molecule has 0 saturated heterocycles. The third-order valence-electron chi connectivity index (χ3n) is 2.77. The fourth-order valence-corrected chi connectivity index (χ4v) is 2.08. The summed E-state index contributed by atoms with van der Waals surface area (Å²) in [7, 11) is 0. The number of hydrogen-bond acceptors (Lipinski definition) is 1. The van der Waals surface area contributed by atoms with Gasteiger partial charge >= 0.3 is 0 Å². The first-order chi connectivity index (χ1) is 5.92. The van der Waals surface area contributed by atoms with Crippen molar-refractivity contribution >= 4 is 12.6 Å². The zero-order chi connectivity index (χ0) is 8.39. The van der Waals surface area contributed by atoms with Crippen molar-refractivity contribution in [1.29, 1.82) is 0 Å². The van der Waals surface area contributed by atoms with Gasteiger partial charge in [-0.3, -0.25) is 0 Å². The molecule has 0 bridgehead atoms. The Labute approximate surface area is 79.4 Å². The van der Waals surface area contributed by atoms with Gasteiger partial charge in [0.05, 0.1) is 0 Å². The van der Waals surface area contributed by atoms with E-state index in [4.69, 9.17) is 0 Å². The molecule has 0 nitrogen and oxygen atoms in total. The van der Waals surface area contributed by atoms with E-state index in [0.717, 1.165) is 11.7 Å². The summed E-state index contributed by atoms with van der Waals surface area (Å²) in [6.45, 7) is 0. The quantitative estimate of drug-likeness (QED) is 0.659. The van der Waals surface area contributed by atoms with E-state index in [2.05, 4.69) is 36.9 Å². The lowest BCUT2D eigenvalue weighted by molar-refractivity contribution is 0.418. The van der Waals surface area contributed by atoms with Gasteiger partial charge in [0.25, 0.3) is 0 Å². The van der Waals surface area contributed by atoms with Crippen LogP contribution in [-0.4, -0.2) is 0 Å². The van der Waals surface area contributed by atoms with Gasteiger partial charge in [0.15, 0.2) is 0 Å². The molecular weight excluding hydrogens is 164 g/mol. The number of benzene rings is 1. The van der Waals surface area contributed by atoms with Crippen LogP contribution in [0, 0.1) is 0 Å². The van der Waals surface area contributed by atoms with Crippen LogP contribution >= 0.6 is 12.6 Å². The molecule has 0 atom stereocenters. The molecule has 1 fully saturated rings. The minimum absolute atomic E-state index is 0.841. The first kappa shape index (κ1) is 8.18. The van der Waals surface area contributed by atoms with E-state index in [1.807, 2.05) is 0 Å². The van der Waals surface area contributed by atoms with Crippen LogP contribution in [0.2, 0.25) is 0 Å². The summed E-state index contributed by atoms with van der Waals surface area (Å²) < 4.78 is 0. The zero-order valence-electron chi connectivity index (χ0n) is 7.16. The van der Waals surface area contributed by atoms with Crippen LogP contribution < -0.4 is 0 Å². The number of thiol groups is 1. The van der Waals surface area contributed by atoms with Crippen LogP contribution in [0.1, 0.15) is 36.3 Å². The van der Waals surface area contributed by atoms with Crippen molar-refractivity contribution in [3.63, 3.8) is 0 Å². The van der Waals surface area contributed by atoms with Gasteiger partial charge in [0.1, 0.15) is 0 Å². The molecule has 0 unspecified atom stereocenters. The Morgan fingerprint density at radius 3 is 2.58 bits per heavy atom. The lowest BCUT2D eigenvalue weighted by atomic mass is 9.78. The molecule has 2 rings (SSSR count). The fourth-order valence-electron chi connectivity index (χ4n) is 1.80. The summed E-state index contributed by atoms with van der Waals surface area (Å²) in [5.41, 5.74) is 2.96. The average Bonchev–Trinajstić information content (AvgIpc) is 2.02. The summed E-state index contributed by atoms with van der Waals surface area (Å²) in [6, 6.07) is 8.70. The SMILES string of the molecule is SCc1ccccc1C1CCC1. The van der Waals surface area contributed by atoms with Gasteiger partial charge in [0, 0.05) is 5.75 Å². The molecule has 0 spiro atoms. The van der Waals surface area contributed by atoms with E-state index in [9.17, 15) is 0 Å². The molecule has 0 N–H and O–H groups in total. The van der Waals surface area contributed by atoms with Gasteiger partial charge in [-0.2, -0.15) is 12.6 Å². The molecule has 1 aromatic rings. The Morgan fingerprint density at radius 2 is 2.00 bits per heavy atom. The smallest absolute Gasteiger partial charge is 0.0157 e. The highest BCUT2D eigenvalue weighted by molar-refractivity contribution is 7.79. The molecule has 0 aromatic heterocycles. The van der Waals surface area contributed by atoms with E-state index in [1.54, 1.807) is 5.56 Å². The topological polar surface area (TPSA) is 0 Å². The summed E-state index contributed by atoms with van der Waals surface area (Å²) in [5.74, 6) is 1.72. The largest absolute Gasteiger partial charge is 0.175 e. The van der Waals surface area contributed by atoms with Crippen molar-refractivity contribution in [2.75, 3.05) is 0 Å². The lowest BCUT2D eigenvalue weighted by Crippen LogP contribution is -2.10. The van der Waals surface area contributed by atoms with Crippen LogP contribution in [0.5, 0.6) is 0 Å². The molecule has 0 radical (unpaired) electrons. The molecule has 1 aliphatic rings. The van der Waals surface area contributed by atoms with Crippen molar-refractivity contribution in [1.82, 2.24) is 0 Å². The van der Waals surface area contributed by atoms with Crippen molar-refractivity contribution < 1.29 is 0 Å². The first-order valence-electron chi connectivity index (χ1n) is 4.60. The summed E-state index contributed by atoms with van der Waals surface area (Å²) in [4.78, 5) is 0. The first-order valence-corrected chi connectivity index (χ1v) is 5.23. The number of rotatable bonds is 2. The molecule has 1 heteroatoms. The second-order valence-electron chi connectivity index (χ2n) is 3.48. The maximum Gasteiger partial charge on any atom is 0.0157 e. The maximum absolute atomic E-state index is 4.34. The lowest BCUT2D eigenvalue weighted by Gasteiger charge is -2.27. The molecule has 12 heavy (non-hydrogen) atoms. The summed E-state index contributed by atoms with van der Waals surface area (Å²) in [6.07, 6.45) is 4.17. The van der Waals surface area contributed by atoms with Gasteiger partial charge in [-0.15, -0.1) is 0 Å². The molecule has 1 aromatic carbocycles. The van der Waals surface area contributed by atoms with E-state index >= 15 is 0 Å². The minimum atomic E-state index is 0.841. The van der Waals surface area contributed by atoms with Gasteiger partial charge in [0.2, 0.25) is 0 Å². The van der Waals surface area contributed by atoms with Crippen molar-refractivity contribution in [3.05, 3.63) is 35.4 Å². The van der Waals surface area contributed by atoms with Crippen molar-refractivity contribution in [3.8, 4) is 0 Å². The van der Waals surface area contributed by atoms with Gasteiger partial charge in [-0.25, -0.2) is 0 Å².